The summed E-state index contributed by atoms with van der Waals surface area (Å²) in [5.41, 5.74) is 0. The van der Waals surface area contributed by atoms with Crippen LogP contribution in [-0.4, -0.2) is 63.5 Å². The first-order valence-electron chi connectivity index (χ1n) is 12.9. The van der Waals surface area contributed by atoms with Gasteiger partial charge in [-0.15, -0.1) is 0 Å². The summed E-state index contributed by atoms with van der Waals surface area (Å²) >= 11 is 0. The molecule has 0 spiro atoms. The standard InChI is InChI=1S/C22H46NO.C2H6O4S/c1-3-5-6-7-8-9-10-11-12-13-14-15-16-17-18-23(4-2)19-21-24-22-20-23;1-2-6-7(3,4)5/h3-22H2,1-2H3;2H2,1H3,(H,3,4,5)/q+1;. The molecule has 1 fully saturated rings. The van der Waals surface area contributed by atoms with Crippen LogP contribution in [0, 0.1) is 0 Å². The minimum absolute atomic E-state index is 0.0289. The van der Waals surface area contributed by atoms with Crippen molar-refractivity contribution in [2.24, 2.45) is 0 Å². The third-order valence-corrected chi connectivity index (χ3v) is 6.88. The van der Waals surface area contributed by atoms with Crippen LogP contribution < -0.4 is 0 Å². The third kappa shape index (κ3) is 20.1. The van der Waals surface area contributed by atoms with Crippen molar-refractivity contribution in [3.8, 4) is 0 Å². The second-order valence-corrected chi connectivity index (χ2v) is 9.96. The molecule has 0 aliphatic carbocycles. The molecular weight excluding hydrogens is 414 g/mol. The molecule has 0 aromatic rings. The Morgan fingerprint density at radius 3 is 1.48 bits per heavy atom. The van der Waals surface area contributed by atoms with Gasteiger partial charge in [0.2, 0.25) is 0 Å². The van der Waals surface area contributed by atoms with E-state index >= 15 is 0 Å². The molecule has 188 valence electrons. The molecule has 0 unspecified atom stereocenters. The van der Waals surface area contributed by atoms with E-state index in [2.05, 4.69) is 18.0 Å². The summed E-state index contributed by atoms with van der Waals surface area (Å²) in [6.45, 7) is 13.2. The van der Waals surface area contributed by atoms with Gasteiger partial charge >= 0.3 is 10.4 Å². The predicted molar refractivity (Wildman–Crippen MR) is 130 cm³/mol. The molecule has 6 nitrogen and oxygen atoms in total. The minimum atomic E-state index is -4.17. The number of quaternary nitrogens is 1. The lowest BCUT2D eigenvalue weighted by Crippen LogP contribution is -2.55. The zero-order chi connectivity index (χ0) is 23.3. The van der Waals surface area contributed by atoms with Gasteiger partial charge in [0.1, 0.15) is 13.1 Å². The number of unbranched alkanes of at least 4 members (excludes halogenated alkanes) is 13. The monoisotopic (exact) mass is 466 g/mol. The minimum Gasteiger partial charge on any atom is -0.370 e. The van der Waals surface area contributed by atoms with Crippen molar-refractivity contribution in [1.29, 1.82) is 0 Å². The van der Waals surface area contributed by atoms with Crippen LogP contribution in [0.1, 0.15) is 111 Å². The van der Waals surface area contributed by atoms with Crippen molar-refractivity contribution in [2.45, 2.75) is 111 Å². The van der Waals surface area contributed by atoms with Gasteiger partial charge in [0.25, 0.3) is 0 Å². The quantitative estimate of drug-likeness (QED) is 0.149. The van der Waals surface area contributed by atoms with E-state index in [0.29, 0.717) is 0 Å². The fraction of sp³-hybridized carbons (Fsp3) is 1.00. The summed E-state index contributed by atoms with van der Waals surface area (Å²) in [5.74, 6) is 0. The van der Waals surface area contributed by atoms with Gasteiger partial charge in [0.15, 0.2) is 0 Å². The second kappa shape index (κ2) is 20.4. The van der Waals surface area contributed by atoms with E-state index in [1.54, 1.807) is 0 Å². The zero-order valence-electron chi connectivity index (χ0n) is 20.8. The number of hydrogen-bond donors (Lipinski definition) is 1. The lowest BCUT2D eigenvalue weighted by Gasteiger charge is -2.40. The lowest BCUT2D eigenvalue weighted by atomic mass is 10.0. The van der Waals surface area contributed by atoms with E-state index in [4.69, 9.17) is 9.29 Å². The van der Waals surface area contributed by atoms with Gasteiger partial charge in [0, 0.05) is 0 Å². The molecule has 1 heterocycles. The highest BCUT2D eigenvalue weighted by molar-refractivity contribution is 7.80. The number of rotatable bonds is 18. The summed E-state index contributed by atoms with van der Waals surface area (Å²) in [6, 6.07) is 0. The molecule has 31 heavy (non-hydrogen) atoms. The van der Waals surface area contributed by atoms with E-state index in [0.717, 1.165) is 13.2 Å². The maximum absolute atomic E-state index is 9.56. The first kappa shape index (κ1) is 30.8. The Morgan fingerprint density at radius 1 is 0.742 bits per heavy atom. The molecule has 1 N–H and O–H groups in total. The van der Waals surface area contributed by atoms with Gasteiger partial charge in [-0.2, -0.15) is 8.42 Å². The molecule has 1 aliphatic heterocycles. The number of likely N-dealkylation sites (N-methyl/N-ethyl adjacent to an activating group) is 1. The Hall–Kier alpha value is -0.210. The molecule has 0 atom stereocenters. The van der Waals surface area contributed by atoms with Gasteiger partial charge in [0.05, 0.1) is 32.9 Å². The molecule has 0 aromatic carbocycles. The smallest absolute Gasteiger partial charge is 0.370 e. The first-order chi connectivity index (χ1) is 14.9. The molecule has 0 radical (unpaired) electrons. The number of morpholine rings is 1. The Kier molecular flexibility index (Phi) is 20.3. The zero-order valence-corrected chi connectivity index (χ0v) is 21.6. The maximum Gasteiger partial charge on any atom is 0.397 e. The van der Waals surface area contributed by atoms with Crippen LogP contribution in [0.15, 0.2) is 0 Å². The highest BCUT2D eigenvalue weighted by Gasteiger charge is 2.27. The van der Waals surface area contributed by atoms with Crippen LogP contribution in [0.2, 0.25) is 0 Å². The molecule has 0 saturated carbocycles. The van der Waals surface area contributed by atoms with E-state index < -0.39 is 10.4 Å². The fourth-order valence-electron chi connectivity index (χ4n) is 4.22. The molecule has 1 rings (SSSR count). The first-order valence-corrected chi connectivity index (χ1v) is 14.3. The topological polar surface area (TPSA) is 72.8 Å². The summed E-state index contributed by atoms with van der Waals surface area (Å²) in [7, 11) is -4.17. The average Bonchev–Trinajstić information content (AvgIpc) is 2.74. The lowest BCUT2D eigenvalue weighted by molar-refractivity contribution is -0.933. The molecule has 0 amide bonds. The van der Waals surface area contributed by atoms with Crippen molar-refractivity contribution in [1.82, 2.24) is 0 Å². The van der Waals surface area contributed by atoms with Crippen LogP contribution in [0.4, 0.5) is 0 Å². The van der Waals surface area contributed by atoms with E-state index in [1.807, 2.05) is 0 Å². The Labute approximate surface area is 193 Å². The molecule has 0 bridgehead atoms. The van der Waals surface area contributed by atoms with Gasteiger partial charge in [-0.05, 0) is 26.7 Å². The van der Waals surface area contributed by atoms with Gasteiger partial charge in [-0.1, -0.05) is 84.0 Å². The van der Waals surface area contributed by atoms with Crippen LogP contribution in [-0.2, 0) is 19.3 Å². The molecule has 1 saturated heterocycles. The molecule has 0 aromatic heterocycles. The van der Waals surface area contributed by atoms with E-state index in [-0.39, 0.29) is 6.61 Å². The van der Waals surface area contributed by atoms with E-state index in [9.17, 15) is 8.42 Å². The highest BCUT2D eigenvalue weighted by Crippen LogP contribution is 2.16. The summed E-state index contributed by atoms with van der Waals surface area (Å²) < 4.78 is 37.5. The van der Waals surface area contributed by atoms with Crippen LogP contribution in [0.25, 0.3) is 0 Å². The Balaban J connectivity index is 0.00000110. The van der Waals surface area contributed by atoms with Crippen LogP contribution in [0.3, 0.4) is 0 Å². The van der Waals surface area contributed by atoms with Crippen molar-refractivity contribution in [3.05, 3.63) is 0 Å². The average molecular weight is 467 g/mol. The van der Waals surface area contributed by atoms with Crippen LogP contribution >= 0.6 is 0 Å². The summed E-state index contributed by atoms with van der Waals surface area (Å²) in [4.78, 5) is 0. The number of hydrogen-bond acceptors (Lipinski definition) is 4. The largest absolute Gasteiger partial charge is 0.397 e. The van der Waals surface area contributed by atoms with Crippen molar-refractivity contribution in [3.63, 3.8) is 0 Å². The second-order valence-electron chi connectivity index (χ2n) is 8.87. The Bertz CT molecular complexity index is 478. The third-order valence-electron chi connectivity index (χ3n) is 6.34. The van der Waals surface area contributed by atoms with Gasteiger partial charge in [-0.25, -0.2) is 4.18 Å². The fourth-order valence-corrected chi connectivity index (χ4v) is 4.52. The summed E-state index contributed by atoms with van der Waals surface area (Å²) in [5, 5.41) is 0. The van der Waals surface area contributed by atoms with Crippen LogP contribution in [0.5, 0.6) is 0 Å². The number of nitrogens with zero attached hydrogens (tertiary/aromatic N) is 1. The van der Waals surface area contributed by atoms with E-state index in [1.165, 1.54) is 127 Å². The predicted octanol–water partition coefficient (Wildman–Crippen LogP) is 6.16. The highest BCUT2D eigenvalue weighted by atomic mass is 32.3. The van der Waals surface area contributed by atoms with Crippen molar-refractivity contribution >= 4 is 10.4 Å². The SMILES string of the molecule is CCCCCCCCCCCCCCCC[N+]1(CC)CCOCC1.CCOS(=O)(=O)O. The molecule has 1 aliphatic rings. The number of ether oxygens (including phenoxy) is 1. The van der Waals surface area contributed by atoms with Gasteiger partial charge in [-0.3, -0.25) is 4.55 Å². The van der Waals surface area contributed by atoms with Crippen molar-refractivity contribution in [2.75, 3.05) is 46.0 Å². The molecule has 7 heteroatoms. The Morgan fingerprint density at radius 2 is 1.16 bits per heavy atom. The molecular formula is C24H52NO5S+. The van der Waals surface area contributed by atoms with Crippen molar-refractivity contribution < 1.29 is 26.4 Å². The maximum atomic E-state index is 9.56. The van der Waals surface area contributed by atoms with Gasteiger partial charge < -0.3 is 9.22 Å². The normalized spacial score (nSPS) is 16.0. The summed E-state index contributed by atoms with van der Waals surface area (Å²) in [6.07, 6.45) is 20.4.